The zero-order valence-electron chi connectivity index (χ0n) is 23.4. The topological polar surface area (TPSA) is 166 Å². The number of carbonyl (C=O) groups is 2. The second-order valence-electron chi connectivity index (χ2n) is 9.91. The fourth-order valence-electron chi connectivity index (χ4n) is 4.65. The van der Waals surface area contributed by atoms with Gasteiger partial charge in [0.05, 0.1) is 29.6 Å². The molecule has 0 saturated carbocycles. The Kier molecular flexibility index (Phi) is 10.2. The molecule has 4 aromatic rings. The van der Waals surface area contributed by atoms with E-state index in [0.717, 1.165) is 12.8 Å². The zero-order valence-corrected chi connectivity index (χ0v) is 24.2. The van der Waals surface area contributed by atoms with Crippen LogP contribution in [0.25, 0.3) is 11.0 Å². The molecule has 0 spiro atoms. The lowest BCUT2D eigenvalue weighted by Crippen LogP contribution is -2.36. The summed E-state index contributed by atoms with van der Waals surface area (Å²) in [4.78, 5) is 36.4. The number of rotatable bonds is 10. The molecule has 0 bridgehead atoms. The molecule has 1 aliphatic heterocycles. The van der Waals surface area contributed by atoms with E-state index in [1.165, 1.54) is 37.4 Å². The molecule has 14 heteroatoms. The second-order valence-corrected chi connectivity index (χ2v) is 11.6. The summed E-state index contributed by atoms with van der Waals surface area (Å²) in [5.41, 5.74) is 1.69. The highest BCUT2D eigenvalue weighted by Crippen LogP contribution is 2.31. The molecule has 2 amide bonds. The van der Waals surface area contributed by atoms with Crippen molar-refractivity contribution in [3.8, 4) is 11.5 Å². The number of hydrogen-bond donors (Lipinski definition) is 4. The number of ether oxygens (including phenoxy) is 1. The van der Waals surface area contributed by atoms with Crippen LogP contribution in [0.5, 0.6) is 11.5 Å². The number of phenols is 1. The fraction of sp³-hybridized carbons (Fsp3) is 0.267. The highest BCUT2D eigenvalue weighted by atomic mass is 32.2. The number of hydrogen-bond acceptors (Lipinski definition) is 10. The molecule has 0 unspecified atom stereocenters. The summed E-state index contributed by atoms with van der Waals surface area (Å²) in [7, 11) is -2.72. The number of benzene rings is 3. The van der Waals surface area contributed by atoms with Crippen LogP contribution in [-0.4, -0.2) is 85.4 Å². The molecule has 232 valence electrons. The Morgan fingerprint density at radius 1 is 0.955 bits per heavy atom. The zero-order chi connectivity index (χ0) is 30.4. The minimum atomic E-state index is -4.18. The van der Waals surface area contributed by atoms with E-state index in [-0.39, 0.29) is 42.2 Å². The Morgan fingerprint density at radius 3 is 2.43 bits per heavy atom. The molecule has 5 rings (SSSR count). The first-order chi connectivity index (χ1) is 20.7. The first-order valence-corrected chi connectivity index (χ1v) is 15.0. The maximum absolute atomic E-state index is 13.5. The van der Waals surface area contributed by atoms with Crippen molar-refractivity contribution in [3.63, 3.8) is 0 Å². The normalized spacial score (nSPS) is 13.8. The van der Waals surface area contributed by atoms with Gasteiger partial charge in [0, 0.05) is 55.8 Å². The lowest BCUT2D eigenvalue weighted by atomic mass is 10.2. The SMILES string of the molecule is C.COc1cc(O)cc(Nc2nc3ccccc3nc2NS(=O)(=O)c2cccc(NC(=O)CN3CCCN(C=O)CC3)c2)c1. The van der Waals surface area contributed by atoms with Crippen molar-refractivity contribution in [2.75, 3.05) is 55.2 Å². The summed E-state index contributed by atoms with van der Waals surface area (Å²) >= 11 is 0. The van der Waals surface area contributed by atoms with Crippen LogP contribution in [0, 0.1) is 0 Å². The van der Waals surface area contributed by atoms with E-state index >= 15 is 0 Å². The fourth-order valence-corrected chi connectivity index (χ4v) is 5.71. The Bertz CT molecular complexity index is 1750. The van der Waals surface area contributed by atoms with Crippen LogP contribution >= 0.6 is 0 Å². The number of aromatic nitrogens is 2. The number of anilines is 4. The Labute approximate surface area is 255 Å². The minimum absolute atomic E-state index is 0. The molecule has 4 N–H and O–H groups in total. The Morgan fingerprint density at radius 2 is 1.70 bits per heavy atom. The molecule has 13 nitrogen and oxygen atoms in total. The quantitative estimate of drug-likeness (QED) is 0.192. The summed E-state index contributed by atoms with van der Waals surface area (Å²) in [6, 6.07) is 17.4. The first-order valence-electron chi connectivity index (χ1n) is 13.5. The number of para-hydroxylation sites is 2. The van der Waals surface area contributed by atoms with Crippen LogP contribution in [0.4, 0.5) is 23.0 Å². The van der Waals surface area contributed by atoms with Crippen molar-refractivity contribution in [1.82, 2.24) is 19.8 Å². The van der Waals surface area contributed by atoms with Gasteiger partial charge in [-0.15, -0.1) is 0 Å². The molecule has 3 aromatic carbocycles. The predicted molar refractivity (Wildman–Crippen MR) is 169 cm³/mol. The van der Waals surface area contributed by atoms with Crippen LogP contribution in [0.2, 0.25) is 0 Å². The van der Waals surface area contributed by atoms with Gasteiger partial charge in [-0.25, -0.2) is 18.4 Å². The van der Waals surface area contributed by atoms with Crippen LogP contribution in [0.3, 0.4) is 0 Å². The van der Waals surface area contributed by atoms with Crippen molar-refractivity contribution >= 4 is 56.4 Å². The summed E-state index contributed by atoms with van der Waals surface area (Å²) in [5.74, 6) is 0.0628. The van der Waals surface area contributed by atoms with E-state index in [4.69, 9.17) is 4.74 Å². The molecule has 44 heavy (non-hydrogen) atoms. The maximum atomic E-state index is 13.5. The predicted octanol–water partition coefficient (Wildman–Crippen LogP) is 3.63. The number of sulfonamides is 1. The molecule has 1 saturated heterocycles. The molecule has 0 atom stereocenters. The minimum Gasteiger partial charge on any atom is -0.508 e. The molecule has 1 fully saturated rings. The summed E-state index contributed by atoms with van der Waals surface area (Å²) in [6.45, 7) is 2.56. The lowest BCUT2D eigenvalue weighted by Gasteiger charge is -2.19. The average Bonchev–Trinajstić information content (AvgIpc) is 3.22. The lowest BCUT2D eigenvalue weighted by molar-refractivity contribution is -0.118. The molecule has 1 aliphatic rings. The highest BCUT2D eigenvalue weighted by Gasteiger charge is 2.21. The van der Waals surface area contributed by atoms with E-state index in [1.807, 2.05) is 4.90 Å². The van der Waals surface area contributed by atoms with E-state index in [2.05, 4.69) is 25.3 Å². The Balaban J connectivity index is 0.00000442. The van der Waals surface area contributed by atoms with Crippen LogP contribution in [0.15, 0.2) is 71.6 Å². The Hall–Kier alpha value is -4.95. The van der Waals surface area contributed by atoms with Crippen molar-refractivity contribution in [2.24, 2.45) is 0 Å². The standard InChI is InChI=1S/C29H31N7O6S.CH4/c1-42-23-15-21(14-22(38)17-23)31-28-29(33-26-9-3-2-8-25(26)32-28)34-43(40,41)24-7-4-6-20(16-24)30-27(39)18-35-10-5-11-36(19-37)13-12-35;/h2-4,6-9,14-17,19,38H,5,10-13,18H2,1H3,(H,30,39)(H,31,32)(H,33,34);1H4. The number of aromatic hydroxyl groups is 1. The largest absolute Gasteiger partial charge is 0.508 e. The van der Waals surface area contributed by atoms with Crippen molar-refractivity contribution in [1.29, 1.82) is 0 Å². The van der Waals surface area contributed by atoms with E-state index < -0.39 is 10.0 Å². The number of amides is 2. The number of nitrogens with one attached hydrogen (secondary N) is 3. The number of nitrogens with zero attached hydrogens (tertiary/aromatic N) is 4. The van der Waals surface area contributed by atoms with Gasteiger partial charge in [0.2, 0.25) is 12.3 Å². The third-order valence-corrected chi connectivity index (χ3v) is 8.10. The third-order valence-electron chi connectivity index (χ3n) is 6.76. The van der Waals surface area contributed by atoms with Gasteiger partial charge in [0.25, 0.3) is 10.0 Å². The molecular weight excluding hydrogens is 586 g/mol. The van der Waals surface area contributed by atoms with Crippen LogP contribution < -0.4 is 20.1 Å². The third kappa shape index (κ3) is 7.90. The van der Waals surface area contributed by atoms with Gasteiger partial charge < -0.3 is 25.4 Å². The van der Waals surface area contributed by atoms with Gasteiger partial charge >= 0.3 is 0 Å². The van der Waals surface area contributed by atoms with Gasteiger partial charge in [0.1, 0.15) is 11.5 Å². The number of fused-ring (bicyclic) bond motifs is 1. The highest BCUT2D eigenvalue weighted by molar-refractivity contribution is 7.92. The van der Waals surface area contributed by atoms with Gasteiger partial charge in [-0.3, -0.25) is 19.2 Å². The molecule has 2 heterocycles. The van der Waals surface area contributed by atoms with Crippen molar-refractivity contribution in [2.45, 2.75) is 18.7 Å². The van der Waals surface area contributed by atoms with Crippen molar-refractivity contribution < 1.29 is 27.9 Å². The number of carbonyl (C=O) groups excluding carboxylic acids is 2. The van der Waals surface area contributed by atoms with Gasteiger partial charge in [0.15, 0.2) is 11.6 Å². The number of methoxy groups -OCH3 is 1. The van der Waals surface area contributed by atoms with E-state index in [0.29, 0.717) is 54.3 Å². The second kappa shape index (κ2) is 14.0. The summed E-state index contributed by atoms with van der Waals surface area (Å²) in [5, 5.41) is 15.9. The summed E-state index contributed by atoms with van der Waals surface area (Å²) < 4.78 is 34.8. The summed E-state index contributed by atoms with van der Waals surface area (Å²) in [6.07, 6.45) is 1.58. The maximum Gasteiger partial charge on any atom is 0.263 e. The van der Waals surface area contributed by atoms with Gasteiger partial charge in [-0.05, 0) is 36.8 Å². The smallest absolute Gasteiger partial charge is 0.263 e. The average molecular weight is 622 g/mol. The molecular formula is C30H35N7O6S. The molecule has 0 aliphatic carbocycles. The van der Waals surface area contributed by atoms with Gasteiger partial charge in [-0.1, -0.05) is 25.6 Å². The van der Waals surface area contributed by atoms with Crippen LogP contribution in [-0.2, 0) is 19.6 Å². The van der Waals surface area contributed by atoms with Crippen LogP contribution in [0.1, 0.15) is 13.8 Å². The number of phenolic OH excluding ortho intramolecular Hbond substituents is 1. The monoisotopic (exact) mass is 621 g/mol. The van der Waals surface area contributed by atoms with E-state index in [1.54, 1.807) is 41.3 Å². The van der Waals surface area contributed by atoms with Crippen molar-refractivity contribution in [3.05, 3.63) is 66.7 Å². The first kappa shape index (κ1) is 32.0. The van der Waals surface area contributed by atoms with Gasteiger partial charge in [-0.2, -0.15) is 0 Å². The molecule has 0 radical (unpaired) electrons. The van der Waals surface area contributed by atoms with E-state index in [9.17, 15) is 23.1 Å². The molecule has 1 aromatic heterocycles.